The molecule has 0 radical (unpaired) electrons. The predicted molar refractivity (Wildman–Crippen MR) is 74.3 cm³/mol. The molecule has 2 fully saturated rings. The first kappa shape index (κ1) is 13.4. The van der Waals surface area contributed by atoms with E-state index in [1.165, 1.54) is 77.5 Å². The van der Waals surface area contributed by atoms with Crippen LogP contribution in [0.5, 0.6) is 0 Å². The van der Waals surface area contributed by atoms with Crippen molar-refractivity contribution in [1.82, 2.24) is 10.2 Å². The summed E-state index contributed by atoms with van der Waals surface area (Å²) in [6, 6.07) is 0.773. The number of nitrogens with one attached hydrogen (secondary N) is 1. The first-order valence-corrected chi connectivity index (χ1v) is 7.84. The lowest BCUT2D eigenvalue weighted by Crippen LogP contribution is -2.31. The van der Waals surface area contributed by atoms with Gasteiger partial charge in [-0.2, -0.15) is 0 Å². The molecule has 2 rings (SSSR count). The Hall–Kier alpha value is -0.0800. The van der Waals surface area contributed by atoms with Gasteiger partial charge in [0.15, 0.2) is 0 Å². The van der Waals surface area contributed by atoms with Gasteiger partial charge in [0, 0.05) is 19.1 Å². The van der Waals surface area contributed by atoms with E-state index in [4.69, 9.17) is 0 Å². The van der Waals surface area contributed by atoms with Crippen LogP contribution in [0.2, 0.25) is 0 Å². The normalized spacial score (nSPS) is 29.1. The molecule has 0 aromatic heterocycles. The lowest BCUT2D eigenvalue weighted by Gasteiger charge is -2.25. The SMILES string of the molecule is CCC1CCN(CCC2CCCCC2)CCN1. The molecule has 1 aliphatic carbocycles. The van der Waals surface area contributed by atoms with E-state index >= 15 is 0 Å². The van der Waals surface area contributed by atoms with Gasteiger partial charge in [0.1, 0.15) is 0 Å². The van der Waals surface area contributed by atoms with Crippen LogP contribution in [0.3, 0.4) is 0 Å². The first-order chi connectivity index (χ1) is 8.38. The van der Waals surface area contributed by atoms with Gasteiger partial charge in [0.25, 0.3) is 0 Å². The van der Waals surface area contributed by atoms with E-state index in [2.05, 4.69) is 17.1 Å². The third kappa shape index (κ3) is 4.59. The summed E-state index contributed by atoms with van der Waals surface area (Å²) >= 11 is 0. The molecular weight excluding hydrogens is 208 g/mol. The van der Waals surface area contributed by atoms with Crippen LogP contribution in [0.15, 0.2) is 0 Å². The Balaban J connectivity index is 1.64. The molecular formula is C15H30N2. The fourth-order valence-electron chi connectivity index (χ4n) is 3.39. The highest BCUT2D eigenvalue weighted by Gasteiger charge is 2.17. The number of hydrogen-bond acceptors (Lipinski definition) is 2. The van der Waals surface area contributed by atoms with E-state index in [0.29, 0.717) is 0 Å². The molecule has 0 bridgehead atoms. The maximum atomic E-state index is 3.66. The second kappa shape index (κ2) is 7.38. The number of nitrogens with zero attached hydrogens (tertiary/aromatic N) is 1. The molecule has 100 valence electrons. The van der Waals surface area contributed by atoms with E-state index < -0.39 is 0 Å². The van der Waals surface area contributed by atoms with Crippen LogP contribution in [0.1, 0.15) is 58.3 Å². The molecule has 0 aromatic rings. The van der Waals surface area contributed by atoms with Crippen LogP contribution in [-0.4, -0.2) is 37.1 Å². The van der Waals surface area contributed by atoms with Crippen molar-refractivity contribution in [3.63, 3.8) is 0 Å². The van der Waals surface area contributed by atoms with Gasteiger partial charge >= 0.3 is 0 Å². The second-order valence-corrected chi connectivity index (χ2v) is 5.98. The topological polar surface area (TPSA) is 15.3 Å². The molecule has 0 aromatic carbocycles. The molecule has 1 unspecified atom stereocenters. The van der Waals surface area contributed by atoms with Gasteiger partial charge in [-0.15, -0.1) is 0 Å². The summed E-state index contributed by atoms with van der Waals surface area (Å²) in [6.45, 7) is 7.43. The van der Waals surface area contributed by atoms with E-state index in [1.54, 1.807) is 0 Å². The van der Waals surface area contributed by atoms with Crippen molar-refractivity contribution in [2.24, 2.45) is 5.92 Å². The average Bonchev–Trinajstić information content (AvgIpc) is 2.62. The summed E-state index contributed by atoms with van der Waals surface area (Å²) in [6.07, 6.45) is 11.6. The van der Waals surface area contributed by atoms with E-state index in [1.807, 2.05) is 0 Å². The molecule has 0 amide bonds. The fraction of sp³-hybridized carbons (Fsp3) is 1.00. The quantitative estimate of drug-likeness (QED) is 0.810. The smallest absolute Gasteiger partial charge is 0.0107 e. The lowest BCUT2D eigenvalue weighted by molar-refractivity contribution is 0.241. The molecule has 17 heavy (non-hydrogen) atoms. The monoisotopic (exact) mass is 238 g/mol. The first-order valence-electron chi connectivity index (χ1n) is 7.84. The summed E-state index contributed by atoms with van der Waals surface area (Å²) < 4.78 is 0. The van der Waals surface area contributed by atoms with Crippen molar-refractivity contribution in [2.45, 2.75) is 64.3 Å². The van der Waals surface area contributed by atoms with E-state index in [0.717, 1.165) is 12.0 Å². The van der Waals surface area contributed by atoms with Gasteiger partial charge in [-0.25, -0.2) is 0 Å². The van der Waals surface area contributed by atoms with Gasteiger partial charge in [-0.1, -0.05) is 39.0 Å². The van der Waals surface area contributed by atoms with Crippen LogP contribution in [0.25, 0.3) is 0 Å². The maximum Gasteiger partial charge on any atom is 0.0107 e. The van der Waals surface area contributed by atoms with Gasteiger partial charge in [-0.3, -0.25) is 0 Å². The Kier molecular flexibility index (Phi) is 5.79. The summed E-state index contributed by atoms with van der Waals surface area (Å²) in [5, 5.41) is 3.66. The van der Waals surface area contributed by atoms with E-state index in [9.17, 15) is 0 Å². The van der Waals surface area contributed by atoms with E-state index in [-0.39, 0.29) is 0 Å². The zero-order valence-electron chi connectivity index (χ0n) is 11.6. The number of rotatable bonds is 4. The molecule has 0 spiro atoms. The summed E-state index contributed by atoms with van der Waals surface area (Å²) in [5.41, 5.74) is 0. The third-order valence-electron chi connectivity index (χ3n) is 4.73. The molecule has 1 aliphatic heterocycles. The third-order valence-corrected chi connectivity index (χ3v) is 4.73. The molecule has 1 N–H and O–H groups in total. The Morgan fingerprint density at radius 2 is 1.88 bits per heavy atom. The Labute approximate surface area is 107 Å². The Morgan fingerprint density at radius 3 is 2.65 bits per heavy atom. The highest BCUT2D eigenvalue weighted by molar-refractivity contribution is 4.75. The van der Waals surface area contributed by atoms with Crippen LogP contribution < -0.4 is 5.32 Å². The Bertz CT molecular complexity index is 199. The van der Waals surface area contributed by atoms with Crippen LogP contribution in [0.4, 0.5) is 0 Å². The molecule has 2 heteroatoms. The van der Waals surface area contributed by atoms with Gasteiger partial charge in [0.2, 0.25) is 0 Å². The highest BCUT2D eigenvalue weighted by Crippen LogP contribution is 2.26. The lowest BCUT2D eigenvalue weighted by atomic mass is 9.87. The molecule has 1 saturated heterocycles. The molecule has 1 heterocycles. The Morgan fingerprint density at radius 1 is 1.06 bits per heavy atom. The molecule has 1 saturated carbocycles. The van der Waals surface area contributed by atoms with Crippen molar-refractivity contribution < 1.29 is 0 Å². The van der Waals surface area contributed by atoms with Crippen molar-refractivity contribution >= 4 is 0 Å². The van der Waals surface area contributed by atoms with Crippen molar-refractivity contribution in [1.29, 1.82) is 0 Å². The standard InChI is InChI=1S/C15H30N2/c1-2-15-9-12-17(13-10-16-15)11-8-14-6-4-3-5-7-14/h14-16H,2-13H2,1H3. The molecule has 2 aliphatic rings. The summed E-state index contributed by atoms with van der Waals surface area (Å²) in [4.78, 5) is 2.69. The largest absolute Gasteiger partial charge is 0.313 e. The van der Waals surface area contributed by atoms with Gasteiger partial charge in [0.05, 0.1) is 0 Å². The fourth-order valence-corrected chi connectivity index (χ4v) is 3.39. The molecule has 2 nitrogen and oxygen atoms in total. The maximum absolute atomic E-state index is 3.66. The van der Waals surface area contributed by atoms with Crippen molar-refractivity contribution in [3.05, 3.63) is 0 Å². The summed E-state index contributed by atoms with van der Waals surface area (Å²) in [5.74, 6) is 1.04. The van der Waals surface area contributed by atoms with Crippen LogP contribution >= 0.6 is 0 Å². The zero-order chi connectivity index (χ0) is 11.9. The second-order valence-electron chi connectivity index (χ2n) is 5.98. The summed E-state index contributed by atoms with van der Waals surface area (Å²) in [7, 11) is 0. The highest BCUT2D eigenvalue weighted by atomic mass is 15.2. The van der Waals surface area contributed by atoms with Crippen LogP contribution in [0, 0.1) is 5.92 Å². The zero-order valence-corrected chi connectivity index (χ0v) is 11.6. The molecule has 1 atom stereocenters. The van der Waals surface area contributed by atoms with Crippen LogP contribution in [-0.2, 0) is 0 Å². The minimum Gasteiger partial charge on any atom is -0.313 e. The van der Waals surface area contributed by atoms with Gasteiger partial charge in [-0.05, 0) is 38.3 Å². The minimum atomic E-state index is 0.773. The van der Waals surface area contributed by atoms with Gasteiger partial charge < -0.3 is 10.2 Å². The average molecular weight is 238 g/mol. The predicted octanol–water partition coefficient (Wildman–Crippen LogP) is 3.03. The number of hydrogen-bond donors (Lipinski definition) is 1. The van der Waals surface area contributed by atoms with Crippen molar-refractivity contribution in [3.8, 4) is 0 Å². The minimum absolute atomic E-state index is 0.773. The van der Waals surface area contributed by atoms with Crippen molar-refractivity contribution in [2.75, 3.05) is 26.2 Å².